The second-order valence-electron chi connectivity index (χ2n) is 6.86. The molecule has 0 atom stereocenters. The van der Waals surface area contributed by atoms with Gasteiger partial charge in [0.2, 0.25) is 5.31 Å². The molecule has 31 heavy (non-hydrogen) atoms. The smallest absolute Gasteiger partial charge is 0.217 e. The number of hydrogen-bond donors (Lipinski definition) is 0. The number of aliphatic imine (C=N–C) groups is 1. The fourth-order valence-electron chi connectivity index (χ4n) is 3.43. The molecule has 3 nitrogen and oxygen atoms in total. The van der Waals surface area contributed by atoms with Crippen molar-refractivity contribution in [2.45, 2.75) is 0 Å². The number of nitrogens with zero attached hydrogens (tertiary/aromatic N) is 3. The molecule has 6 heteroatoms. The molecule has 0 aliphatic heterocycles. The molecular formula is C25H25IN3PS. The molecule has 0 heterocycles. The van der Waals surface area contributed by atoms with Gasteiger partial charge in [0.15, 0.2) is 12.3 Å². The third kappa shape index (κ3) is 5.38. The highest BCUT2D eigenvalue weighted by atomic mass is 127. The van der Waals surface area contributed by atoms with Crippen molar-refractivity contribution in [2.24, 2.45) is 4.99 Å². The van der Waals surface area contributed by atoms with Crippen LogP contribution >= 0.6 is 19.0 Å². The van der Waals surface area contributed by atoms with E-state index >= 15 is 0 Å². The maximum atomic E-state index is 10.5. The van der Waals surface area contributed by atoms with Crippen molar-refractivity contribution in [3.8, 4) is 6.07 Å². The summed E-state index contributed by atoms with van der Waals surface area (Å²) >= 11 is 1.52. The van der Waals surface area contributed by atoms with E-state index in [1.165, 1.54) is 11.8 Å². The molecule has 0 aromatic heterocycles. The first-order chi connectivity index (χ1) is 14.6. The Hall–Kier alpha value is -2.13. The van der Waals surface area contributed by atoms with Crippen LogP contribution in [-0.2, 0) is 0 Å². The minimum absolute atomic E-state index is 0. The first-order valence-corrected chi connectivity index (χ1v) is 12.6. The normalized spacial score (nSPS) is 11.9. The largest absolute Gasteiger partial charge is 1.00 e. The van der Waals surface area contributed by atoms with E-state index in [9.17, 15) is 5.26 Å². The lowest BCUT2D eigenvalue weighted by Crippen LogP contribution is -3.00. The van der Waals surface area contributed by atoms with E-state index in [1.807, 2.05) is 79.8 Å². The molecule has 3 aromatic rings. The Labute approximate surface area is 207 Å². The quantitative estimate of drug-likeness (QED) is 0.146. The van der Waals surface area contributed by atoms with Crippen LogP contribution in [0.1, 0.15) is 0 Å². The van der Waals surface area contributed by atoms with Gasteiger partial charge < -0.3 is 28.9 Å². The minimum atomic E-state index is -2.43. The molecule has 0 saturated carbocycles. The van der Waals surface area contributed by atoms with Gasteiger partial charge in [-0.25, -0.2) is 4.99 Å². The van der Waals surface area contributed by atoms with Crippen LogP contribution in [0.25, 0.3) is 0 Å². The Morgan fingerprint density at radius 3 is 1.52 bits per heavy atom. The van der Waals surface area contributed by atoms with E-state index in [-0.39, 0.29) is 24.0 Å². The van der Waals surface area contributed by atoms with Crippen molar-refractivity contribution in [1.29, 1.82) is 5.26 Å². The van der Waals surface area contributed by atoms with Gasteiger partial charge in [-0.1, -0.05) is 54.6 Å². The maximum Gasteiger partial charge on any atom is 0.217 e. The van der Waals surface area contributed by atoms with E-state index < -0.39 is 7.26 Å². The zero-order valence-corrected chi connectivity index (χ0v) is 21.7. The number of rotatable bonds is 7. The number of benzene rings is 3. The molecule has 0 fully saturated rings. The van der Waals surface area contributed by atoms with Crippen molar-refractivity contribution >= 4 is 41.3 Å². The second-order valence-corrected chi connectivity index (χ2v) is 11.0. The van der Waals surface area contributed by atoms with Gasteiger partial charge in [0, 0.05) is 14.1 Å². The summed E-state index contributed by atoms with van der Waals surface area (Å²) in [6.07, 6.45) is 3.74. The molecule has 0 spiro atoms. The van der Waals surface area contributed by atoms with Gasteiger partial charge in [0.05, 0.1) is 6.34 Å². The van der Waals surface area contributed by atoms with Crippen LogP contribution in [0.2, 0.25) is 0 Å². The first-order valence-electron chi connectivity index (χ1n) is 9.60. The van der Waals surface area contributed by atoms with Crippen molar-refractivity contribution in [3.63, 3.8) is 0 Å². The van der Waals surface area contributed by atoms with Crippen molar-refractivity contribution in [3.05, 3.63) is 101 Å². The number of nitriles is 1. The molecule has 0 saturated heterocycles. The molecule has 3 rings (SSSR count). The zero-order valence-electron chi connectivity index (χ0n) is 17.8. The summed E-state index contributed by atoms with van der Waals surface area (Å²) in [4.78, 5) is 6.59. The molecule has 3 aromatic carbocycles. The standard InChI is InChI=1S/C25H25N3PS.HI/c1-28(2)20-27-25(30-3)24(19-26)29(21-13-7-4-8-14-21,22-15-9-5-10-16-22)23-17-11-6-12-18-23;/h4-18,20H,1-3H3;1H/q+1;/p-1/b25-24-,27-20+;. The van der Waals surface area contributed by atoms with Gasteiger partial charge >= 0.3 is 0 Å². The number of thioether (sulfide) groups is 1. The molecule has 0 amide bonds. The molecule has 0 bridgehead atoms. The number of halogens is 1. The van der Waals surface area contributed by atoms with Crippen LogP contribution in [0.3, 0.4) is 0 Å². The topological polar surface area (TPSA) is 39.4 Å². The molecule has 158 valence electrons. The molecule has 0 aliphatic rings. The van der Waals surface area contributed by atoms with E-state index in [0.717, 1.165) is 26.3 Å². The Kier molecular flexibility index (Phi) is 9.77. The molecule has 0 radical (unpaired) electrons. The zero-order chi connectivity index (χ0) is 21.4. The van der Waals surface area contributed by atoms with Crippen LogP contribution in [0, 0.1) is 11.3 Å². The van der Waals surface area contributed by atoms with Crippen LogP contribution in [-0.4, -0.2) is 31.6 Å². The Morgan fingerprint density at radius 2 is 1.23 bits per heavy atom. The average molecular weight is 557 g/mol. The average Bonchev–Trinajstić information content (AvgIpc) is 2.80. The van der Waals surface area contributed by atoms with Gasteiger partial charge in [-0.15, -0.1) is 11.8 Å². The summed E-state index contributed by atoms with van der Waals surface area (Å²) < 4.78 is 0. The second kappa shape index (κ2) is 12.0. The van der Waals surface area contributed by atoms with Crippen LogP contribution < -0.4 is 39.9 Å². The van der Waals surface area contributed by atoms with Crippen LogP contribution in [0.5, 0.6) is 0 Å². The van der Waals surface area contributed by atoms with Crippen molar-refractivity contribution < 1.29 is 24.0 Å². The maximum absolute atomic E-state index is 10.5. The van der Waals surface area contributed by atoms with Crippen LogP contribution in [0.4, 0.5) is 0 Å². The highest BCUT2D eigenvalue weighted by Gasteiger charge is 2.51. The summed E-state index contributed by atoms with van der Waals surface area (Å²) in [5, 5.41) is 15.4. The van der Waals surface area contributed by atoms with Crippen molar-refractivity contribution in [2.75, 3.05) is 20.4 Å². The molecule has 0 N–H and O–H groups in total. The third-order valence-electron chi connectivity index (χ3n) is 4.67. The Balaban J connectivity index is 0.00000341. The lowest BCUT2D eigenvalue weighted by atomic mass is 10.4. The lowest BCUT2D eigenvalue weighted by molar-refractivity contribution is -0.00000616. The fourth-order valence-corrected chi connectivity index (χ4v) is 8.53. The molecule has 0 unspecified atom stereocenters. The summed E-state index contributed by atoms with van der Waals surface area (Å²) in [6.45, 7) is 0. The number of allylic oxidation sites excluding steroid dienone is 1. The summed E-state index contributed by atoms with van der Waals surface area (Å²) in [7, 11) is 1.43. The Morgan fingerprint density at radius 1 is 0.839 bits per heavy atom. The minimum Gasteiger partial charge on any atom is -1.00 e. The van der Waals surface area contributed by atoms with E-state index in [1.54, 1.807) is 6.34 Å². The molecule has 0 aliphatic carbocycles. The van der Waals surface area contributed by atoms with Crippen LogP contribution in [0.15, 0.2) is 106 Å². The third-order valence-corrected chi connectivity index (χ3v) is 9.72. The summed E-state index contributed by atoms with van der Waals surface area (Å²) in [6, 6.07) is 33.8. The van der Waals surface area contributed by atoms with Gasteiger partial charge in [0.25, 0.3) is 0 Å². The SMILES string of the molecule is CSC(/N=C/N(C)C)=C(/C#N)[P+](c1ccccc1)(c1ccccc1)c1ccccc1.[I-]. The van der Waals surface area contributed by atoms with Gasteiger partial charge in [-0.3, -0.25) is 0 Å². The highest BCUT2D eigenvalue weighted by Crippen LogP contribution is 2.63. The van der Waals surface area contributed by atoms with E-state index in [0.29, 0.717) is 0 Å². The highest BCUT2D eigenvalue weighted by molar-refractivity contribution is 8.04. The molecular weight excluding hydrogens is 532 g/mol. The predicted octanol–water partition coefficient (Wildman–Crippen LogP) is 1.63. The summed E-state index contributed by atoms with van der Waals surface area (Å²) in [5.41, 5.74) is 0. The fraction of sp³-hybridized carbons (Fsp3) is 0.120. The first kappa shape index (κ1) is 25.1. The van der Waals surface area contributed by atoms with Crippen molar-refractivity contribution in [1.82, 2.24) is 4.90 Å². The monoisotopic (exact) mass is 557 g/mol. The Bertz CT molecular complexity index is 966. The summed E-state index contributed by atoms with van der Waals surface area (Å²) in [5.74, 6) is 0. The lowest BCUT2D eigenvalue weighted by Gasteiger charge is -2.27. The van der Waals surface area contributed by atoms with Gasteiger partial charge in [0.1, 0.15) is 22.0 Å². The van der Waals surface area contributed by atoms with Gasteiger partial charge in [-0.2, -0.15) is 5.26 Å². The predicted molar refractivity (Wildman–Crippen MR) is 133 cm³/mol. The number of hydrogen-bond acceptors (Lipinski definition) is 3. The van der Waals surface area contributed by atoms with E-state index in [4.69, 9.17) is 4.99 Å². The van der Waals surface area contributed by atoms with Gasteiger partial charge in [-0.05, 0) is 42.7 Å². The van der Waals surface area contributed by atoms with E-state index in [2.05, 4.69) is 42.5 Å².